The van der Waals surface area contributed by atoms with Crippen LogP contribution in [0, 0.1) is 0 Å². The fourth-order valence-corrected chi connectivity index (χ4v) is 5.06. The summed E-state index contributed by atoms with van der Waals surface area (Å²) in [6.45, 7) is 4.33. The SMILES string of the molecule is C[C@@H](Cc1ccccc1)N(Cc1ccccc1)C[C@H](O)c1cc(OCc2ccccc2)cc(OCc2ccccc2)c1. The summed E-state index contributed by atoms with van der Waals surface area (Å²) in [5.74, 6) is 1.34. The molecule has 0 spiro atoms. The van der Waals surface area contributed by atoms with E-state index >= 15 is 0 Å². The molecule has 0 fully saturated rings. The number of aliphatic hydroxyl groups excluding tert-OH is 1. The molecule has 214 valence electrons. The second-order valence-electron chi connectivity index (χ2n) is 10.8. The maximum Gasteiger partial charge on any atom is 0.123 e. The van der Waals surface area contributed by atoms with Crippen LogP contribution in [-0.2, 0) is 26.2 Å². The van der Waals surface area contributed by atoms with E-state index in [1.54, 1.807) is 0 Å². The second kappa shape index (κ2) is 15.0. The van der Waals surface area contributed by atoms with Crippen LogP contribution in [0.1, 0.15) is 40.8 Å². The van der Waals surface area contributed by atoms with Crippen molar-refractivity contribution in [2.24, 2.45) is 0 Å². The first-order valence-corrected chi connectivity index (χ1v) is 14.6. The molecule has 0 aliphatic carbocycles. The van der Waals surface area contributed by atoms with Crippen LogP contribution in [0.2, 0.25) is 0 Å². The number of nitrogens with zero attached hydrogens (tertiary/aromatic N) is 1. The lowest BCUT2D eigenvalue weighted by Gasteiger charge is -2.31. The first-order chi connectivity index (χ1) is 20.6. The van der Waals surface area contributed by atoms with Crippen molar-refractivity contribution in [3.8, 4) is 11.5 Å². The zero-order valence-electron chi connectivity index (χ0n) is 24.2. The van der Waals surface area contributed by atoms with E-state index in [4.69, 9.17) is 9.47 Å². The van der Waals surface area contributed by atoms with Gasteiger partial charge in [0.15, 0.2) is 0 Å². The average Bonchev–Trinajstić information content (AvgIpc) is 3.04. The van der Waals surface area contributed by atoms with E-state index in [0.29, 0.717) is 31.3 Å². The minimum Gasteiger partial charge on any atom is -0.489 e. The molecule has 0 radical (unpaired) electrons. The van der Waals surface area contributed by atoms with Crippen LogP contribution < -0.4 is 9.47 Å². The van der Waals surface area contributed by atoms with Crippen molar-refractivity contribution in [1.82, 2.24) is 4.90 Å². The topological polar surface area (TPSA) is 41.9 Å². The zero-order chi connectivity index (χ0) is 29.0. The summed E-state index contributed by atoms with van der Waals surface area (Å²) < 4.78 is 12.4. The van der Waals surface area contributed by atoms with Gasteiger partial charge in [0, 0.05) is 25.2 Å². The highest BCUT2D eigenvalue weighted by molar-refractivity contribution is 5.40. The maximum atomic E-state index is 11.7. The van der Waals surface area contributed by atoms with Gasteiger partial charge in [0.2, 0.25) is 0 Å². The lowest BCUT2D eigenvalue weighted by molar-refractivity contribution is 0.0854. The van der Waals surface area contributed by atoms with E-state index < -0.39 is 6.10 Å². The first-order valence-electron chi connectivity index (χ1n) is 14.6. The number of benzene rings is 5. The molecule has 2 atom stereocenters. The molecule has 5 aromatic carbocycles. The summed E-state index contributed by atoms with van der Waals surface area (Å²) in [4.78, 5) is 2.36. The van der Waals surface area contributed by atoms with Crippen molar-refractivity contribution in [2.75, 3.05) is 6.54 Å². The van der Waals surface area contributed by atoms with Gasteiger partial charge in [0.25, 0.3) is 0 Å². The van der Waals surface area contributed by atoms with Crippen molar-refractivity contribution in [3.63, 3.8) is 0 Å². The highest BCUT2D eigenvalue weighted by Gasteiger charge is 2.21. The van der Waals surface area contributed by atoms with Gasteiger partial charge in [-0.1, -0.05) is 121 Å². The van der Waals surface area contributed by atoms with Crippen LogP contribution in [0.15, 0.2) is 140 Å². The molecule has 0 aliphatic heterocycles. The Balaban J connectivity index is 1.36. The number of ether oxygens (including phenoxy) is 2. The van der Waals surface area contributed by atoms with E-state index in [1.807, 2.05) is 91.0 Å². The lowest BCUT2D eigenvalue weighted by Crippen LogP contribution is -2.37. The quantitative estimate of drug-likeness (QED) is 0.150. The fourth-order valence-electron chi connectivity index (χ4n) is 5.06. The molecule has 0 aromatic heterocycles. The standard InChI is InChI=1S/C38H39NO3/c1-30(22-31-14-6-2-7-15-31)39(26-32-16-8-3-9-17-32)27-38(40)35-23-36(41-28-33-18-10-4-11-19-33)25-37(24-35)42-29-34-20-12-5-13-21-34/h2-21,23-25,30,38,40H,22,26-29H2,1H3/t30-,38-/m0/s1. The molecule has 5 aromatic rings. The van der Waals surface area contributed by atoms with Crippen LogP contribution in [0.3, 0.4) is 0 Å². The van der Waals surface area contributed by atoms with Crippen molar-refractivity contribution in [3.05, 3.63) is 167 Å². The van der Waals surface area contributed by atoms with Gasteiger partial charge >= 0.3 is 0 Å². The summed E-state index contributed by atoms with van der Waals surface area (Å²) in [6, 6.07) is 47.2. The third-order valence-electron chi connectivity index (χ3n) is 7.42. The van der Waals surface area contributed by atoms with Crippen molar-refractivity contribution in [2.45, 2.75) is 45.2 Å². The summed E-state index contributed by atoms with van der Waals surface area (Å²) in [5.41, 5.74) is 5.44. The molecule has 0 unspecified atom stereocenters. The summed E-state index contributed by atoms with van der Waals surface area (Å²) >= 11 is 0. The molecule has 0 heterocycles. The zero-order valence-corrected chi connectivity index (χ0v) is 24.2. The van der Waals surface area contributed by atoms with E-state index in [-0.39, 0.29) is 6.04 Å². The van der Waals surface area contributed by atoms with E-state index in [9.17, 15) is 5.11 Å². The van der Waals surface area contributed by atoms with E-state index in [0.717, 1.165) is 29.7 Å². The average molecular weight is 558 g/mol. The number of rotatable bonds is 14. The molecule has 0 amide bonds. The normalized spacial score (nSPS) is 12.5. The van der Waals surface area contributed by atoms with Gasteiger partial charge in [-0.2, -0.15) is 0 Å². The highest BCUT2D eigenvalue weighted by Crippen LogP contribution is 2.29. The van der Waals surface area contributed by atoms with Gasteiger partial charge in [-0.3, -0.25) is 4.90 Å². The Kier molecular flexibility index (Phi) is 10.4. The van der Waals surface area contributed by atoms with Crippen molar-refractivity contribution >= 4 is 0 Å². The molecule has 4 nitrogen and oxygen atoms in total. The van der Waals surface area contributed by atoms with E-state index in [2.05, 4.69) is 60.4 Å². The third kappa shape index (κ3) is 8.81. The van der Waals surface area contributed by atoms with Crippen LogP contribution in [0.5, 0.6) is 11.5 Å². The van der Waals surface area contributed by atoms with Gasteiger partial charge in [-0.05, 0) is 53.3 Å². The summed E-state index contributed by atoms with van der Waals surface area (Å²) in [7, 11) is 0. The van der Waals surface area contributed by atoms with Crippen molar-refractivity contribution in [1.29, 1.82) is 0 Å². The predicted octanol–water partition coefficient (Wildman–Crippen LogP) is 8.01. The Morgan fingerprint density at radius 1 is 0.571 bits per heavy atom. The van der Waals surface area contributed by atoms with Crippen LogP contribution in [0.25, 0.3) is 0 Å². The first kappa shape index (κ1) is 29.1. The Hall–Kier alpha value is -4.38. The molecule has 0 saturated heterocycles. The molecular formula is C38H39NO3. The minimum absolute atomic E-state index is 0.216. The number of aliphatic hydroxyl groups is 1. The smallest absolute Gasteiger partial charge is 0.123 e. The third-order valence-corrected chi connectivity index (χ3v) is 7.42. The predicted molar refractivity (Wildman–Crippen MR) is 169 cm³/mol. The monoisotopic (exact) mass is 557 g/mol. The largest absolute Gasteiger partial charge is 0.489 e. The summed E-state index contributed by atoms with van der Waals surface area (Å²) in [5, 5.41) is 11.7. The number of hydrogen-bond acceptors (Lipinski definition) is 4. The summed E-state index contributed by atoms with van der Waals surface area (Å²) in [6.07, 6.45) is 0.165. The van der Waals surface area contributed by atoms with Crippen LogP contribution in [-0.4, -0.2) is 22.6 Å². The molecule has 42 heavy (non-hydrogen) atoms. The Bertz CT molecular complexity index is 1420. The molecule has 0 aliphatic rings. The van der Waals surface area contributed by atoms with E-state index in [1.165, 1.54) is 11.1 Å². The highest BCUT2D eigenvalue weighted by atomic mass is 16.5. The maximum absolute atomic E-state index is 11.7. The molecule has 0 saturated carbocycles. The molecule has 1 N–H and O–H groups in total. The molecule has 5 rings (SSSR count). The van der Waals surface area contributed by atoms with Gasteiger partial charge in [-0.25, -0.2) is 0 Å². The molecular weight excluding hydrogens is 518 g/mol. The van der Waals surface area contributed by atoms with Crippen LogP contribution in [0.4, 0.5) is 0 Å². The molecule has 0 bridgehead atoms. The van der Waals surface area contributed by atoms with Gasteiger partial charge in [0.05, 0.1) is 6.10 Å². The van der Waals surface area contributed by atoms with Crippen LogP contribution >= 0.6 is 0 Å². The molecule has 4 heteroatoms. The van der Waals surface area contributed by atoms with Gasteiger partial charge in [0.1, 0.15) is 24.7 Å². The van der Waals surface area contributed by atoms with Gasteiger partial charge in [-0.15, -0.1) is 0 Å². The Morgan fingerprint density at radius 2 is 1.00 bits per heavy atom. The lowest BCUT2D eigenvalue weighted by atomic mass is 10.0. The Labute approximate surface area is 249 Å². The van der Waals surface area contributed by atoms with Crippen molar-refractivity contribution < 1.29 is 14.6 Å². The minimum atomic E-state index is -0.730. The van der Waals surface area contributed by atoms with Gasteiger partial charge < -0.3 is 14.6 Å². The fraction of sp³-hybridized carbons (Fsp3) is 0.211. The second-order valence-corrected chi connectivity index (χ2v) is 10.8. The Morgan fingerprint density at radius 3 is 1.48 bits per heavy atom. The number of hydrogen-bond donors (Lipinski definition) is 1.